The Labute approximate surface area is 102 Å². The maximum absolute atomic E-state index is 3.62. The molecule has 0 atom stereocenters. The second-order valence-electron chi connectivity index (χ2n) is 3.77. The Morgan fingerprint density at radius 3 is 2.53 bits per heavy atom. The minimum atomic E-state index is 1.18. The van der Waals surface area contributed by atoms with E-state index >= 15 is 0 Å². The minimum Gasteiger partial charge on any atom is -0.0697 e. The fourth-order valence-electron chi connectivity index (χ4n) is 1.52. The molecule has 0 fully saturated rings. The van der Waals surface area contributed by atoms with Crippen molar-refractivity contribution >= 4 is 20.4 Å². The van der Waals surface area contributed by atoms with Crippen LogP contribution in [0.5, 0.6) is 0 Å². The Morgan fingerprint density at radius 1 is 1.13 bits per heavy atom. The third kappa shape index (κ3) is 5.17. The first-order valence-electron chi connectivity index (χ1n) is 5.75. The van der Waals surface area contributed by atoms with Gasteiger partial charge in [0.15, 0.2) is 0 Å². The van der Waals surface area contributed by atoms with Gasteiger partial charge in [-0.15, -0.1) is 0 Å². The average Bonchev–Trinajstić information content (AvgIpc) is 2.30. The van der Waals surface area contributed by atoms with Crippen LogP contribution in [0.4, 0.5) is 0 Å². The standard InChI is InChI=1S/C14H19Br/c1-2-3-4-5-9-12-14(15)13-10-7-6-8-11-13/h6-8,10-12H,2-5,9H2,1H3/b14-12-. The summed E-state index contributed by atoms with van der Waals surface area (Å²) in [6, 6.07) is 10.5. The molecular formula is C14H19Br. The van der Waals surface area contributed by atoms with Crippen molar-refractivity contribution < 1.29 is 0 Å². The van der Waals surface area contributed by atoms with Crippen LogP contribution in [-0.4, -0.2) is 0 Å². The summed E-state index contributed by atoms with van der Waals surface area (Å²) >= 11 is 3.62. The van der Waals surface area contributed by atoms with Crippen molar-refractivity contribution in [3.8, 4) is 0 Å². The van der Waals surface area contributed by atoms with E-state index in [1.165, 1.54) is 42.1 Å². The van der Waals surface area contributed by atoms with E-state index in [1.54, 1.807) is 0 Å². The Balaban J connectivity index is 2.33. The smallest absolute Gasteiger partial charge is 0.0207 e. The summed E-state index contributed by atoms with van der Waals surface area (Å²) in [7, 11) is 0. The van der Waals surface area contributed by atoms with Crippen molar-refractivity contribution in [2.24, 2.45) is 0 Å². The molecule has 0 bridgehead atoms. The minimum absolute atomic E-state index is 1.18. The summed E-state index contributed by atoms with van der Waals surface area (Å²) in [4.78, 5) is 0. The predicted molar refractivity (Wildman–Crippen MR) is 72.1 cm³/mol. The SMILES string of the molecule is CCCCCC/C=C(\Br)c1ccccc1. The molecule has 15 heavy (non-hydrogen) atoms. The molecule has 0 aliphatic heterocycles. The first-order valence-corrected chi connectivity index (χ1v) is 6.55. The van der Waals surface area contributed by atoms with Crippen LogP contribution in [0.1, 0.15) is 44.6 Å². The predicted octanol–water partition coefficient (Wildman–Crippen LogP) is 5.39. The topological polar surface area (TPSA) is 0 Å². The molecule has 0 unspecified atom stereocenters. The Kier molecular flexibility index (Phi) is 6.42. The largest absolute Gasteiger partial charge is 0.0697 e. The molecule has 0 nitrogen and oxygen atoms in total. The van der Waals surface area contributed by atoms with Crippen molar-refractivity contribution in [3.63, 3.8) is 0 Å². The van der Waals surface area contributed by atoms with Crippen LogP contribution >= 0.6 is 15.9 Å². The van der Waals surface area contributed by atoms with Gasteiger partial charge in [0.1, 0.15) is 0 Å². The highest BCUT2D eigenvalue weighted by molar-refractivity contribution is 9.15. The van der Waals surface area contributed by atoms with E-state index in [0.29, 0.717) is 0 Å². The second-order valence-corrected chi connectivity index (χ2v) is 4.62. The summed E-state index contributed by atoms with van der Waals surface area (Å²) in [6.07, 6.45) is 8.78. The maximum atomic E-state index is 3.62. The molecule has 1 rings (SSSR count). The molecule has 0 aliphatic rings. The van der Waals surface area contributed by atoms with Gasteiger partial charge in [-0.1, -0.05) is 78.5 Å². The Bertz CT molecular complexity index is 287. The molecule has 0 amide bonds. The number of hydrogen-bond acceptors (Lipinski definition) is 0. The van der Waals surface area contributed by atoms with Crippen LogP contribution in [0.25, 0.3) is 4.48 Å². The van der Waals surface area contributed by atoms with Gasteiger partial charge in [-0.3, -0.25) is 0 Å². The maximum Gasteiger partial charge on any atom is 0.0207 e. The monoisotopic (exact) mass is 266 g/mol. The van der Waals surface area contributed by atoms with Gasteiger partial charge in [-0.05, 0) is 18.4 Å². The van der Waals surface area contributed by atoms with Crippen molar-refractivity contribution in [2.45, 2.75) is 39.0 Å². The summed E-state index contributed by atoms with van der Waals surface area (Å²) in [5.41, 5.74) is 1.27. The number of halogens is 1. The van der Waals surface area contributed by atoms with Crippen molar-refractivity contribution in [2.75, 3.05) is 0 Å². The van der Waals surface area contributed by atoms with E-state index in [1.807, 2.05) is 6.07 Å². The molecule has 1 aromatic carbocycles. The third-order valence-corrected chi connectivity index (χ3v) is 3.21. The molecule has 82 valence electrons. The lowest BCUT2D eigenvalue weighted by Crippen LogP contribution is -1.77. The van der Waals surface area contributed by atoms with Crippen molar-refractivity contribution in [1.82, 2.24) is 0 Å². The van der Waals surface area contributed by atoms with E-state index in [-0.39, 0.29) is 0 Å². The number of rotatable bonds is 6. The van der Waals surface area contributed by atoms with Crippen LogP contribution in [0.3, 0.4) is 0 Å². The van der Waals surface area contributed by atoms with Crippen LogP contribution in [0.15, 0.2) is 36.4 Å². The Hall–Kier alpha value is -0.560. The lowest BCUT2D eigenvalue weighted by Gasteiger charge is -1.99. The zero-order chi connectivity index (χ0) is 10.9. The zero-order valence-corrected chi connectivity index (χ0v) is 11.0. The van der Waals surface area contributed by atoms with Gasteiger partial charge < -0.3 is 0 Å². The first kappa shape index (κ1) is 12.5. The van der Waals surface area contributed by atoms with Gasteiger partial charge in [-0.25, -0.2) is 0 Å². The Morgan fingerprint density at radius 2 is 1.87 bits per heavy atom. The van der Waals surface area contributed by atoms with E-state index in [9.17, 15) is 0 Å². The van der Waals surface area contributed by atoms with Crippen LogP contribution < -0.4 is 0 Å². The normalized spacial score (nSPS) is 11.7. The number of allylic oxidation sites excluding steroid dienone is 1. The van der Waals surface area contributed by atoms with Gasteiger partial charge in [0, 0.05) is 4.48 Å². The quantitative estimate of drug-likeness (QED) is 0.606. The van der Waals surface area contributed by atoms with E-state index in [2.05, 4.69) is 53.2 Å². The summed E-state index contributed by atoms with van der Waals surface area (Å²) in [6.45, 7) is 2.25. The van der Waals surface area contributed by atoms with Crippen LogP contribution in [-0.2, 0) is 0 Å². The number of unbranched alkanes of at least 4 members (excludes halogenated alkanes) is 4. The van der Waals surface area contributed by atoms with Crippen LogP contribution in [0, 0.1) is 0 Å². The lowest BCUT2D eigenvalue weighted by atomic mass is 10.1. The highest BCUT2D eigenvalue weighted by Gasteiger charge is 1.94. The second kappa shape index (κ2) is 7.70. The van der Waals surface area contributed by atoms with Crippen molar-refractivity contribution in [3.05, 3.63) is 42.0 Å². The summed E-state index contributed by atoms with van der Waals surface area (Å²) in [5.74, 6) is 0. The summed E-state index contributed by atoms with van der Waals surface area (Å²) in [5, 5.41) is 0. The molecule has 0 aromatic heterocycles. The fraction of sp³-hybridized carbons (Fsp3) is 0.429. The number of hydrogen-bond donors (Lipinski definition) is 0. The molecule has 0 saturated heterocycles. The fourth-order valence-corrected chi connectivity index (χ4v) is 2.01. The zero-order valence-electron chi connectivity index (χ0n) is 9.38. The highest BCUT2D eigenvalue weighted by Crippen LogP contribution is 2.21. The third-order valence-electron chi connectivity index (χ3n) is 2.43. The molecule has 1 heteroatoms. The molecule has 0 N–H and O–H groups in total. The summed E-state index contributed by atoms with van der Waals surface area (Å²) < 4.78 is 1.22. The van der Waals surface area contributed by atoms with Gasteiger partial charge in [-0.2, -0.15) is 0 Å². The molecule has 1 aromatic rings. The molecular weight excluding hydrogens is 248 g/mol. The lowest BCUT2D eigenvalue weighted by molar-refractivity contribution is 0.675. The number of benzene rings is 1. The van der Waals surface area contributed by atoms with Gasteiger partial charge in [0.2, 0.25) is 0 Å². The van der Waals surface area contributed by atoms with Crippen molar-refractivity contribution in [1.29, 1.82) is 0 Å². The molecule has 0 aliphatic carbocycles. The van der Waals surface area contributed by atoms with Gasteiger partial charge in [0.25, 0.3) is 0 Å². The highest BCUT2D eigenvalue weighted by atomic mass is 79.9. The van der Waals surface area contributed by atoms with E-state index in [4.69, 9.17) is 0 Å². The molecule has 0 heterocycles. The van der Waals surface area contributed by atoms with E-state index < -0.39 is 0 Å². The van der Waals surface area contributed by atoms with Gasteiger partial charge in [0.05, 0.1) is 0 Å². The average molecular weight is 267 g/mol. The van der Waals surface area contributed by atoms with Crippen LogP contribution in [0.2, 0.25) is 0 Å². The molecule has 0 saturated carbocycles. The van der Waals surface area contributed by atoms with Gasteiger partial charge >= 0.3 is 0 Å². The molecule has 0 radical (unpaired) electrons. The first-order chi connectivity index (χ1) is 7.34. The van der Waals surface area contributed by atoms with E-state index in [0.717, 1.165) is 0 Å². The molecule has 0 spiro atoms.